The number of hydrazine groups is 1. The Morgan fingerprint density at radius 2 is 1.91 bits per heavy atom. The fourth-order valence-corrected chi connectivity index (χ4v) is 2.28. The zero-order valence-electron chi connectivity index (χ0n) is 11.8. The van der Waals surface area contributed by atoms with Crippen LogP contribution in [0.2, 0.25) is 0 Å². The third kappa shape index (κ3) is 3.09. The van der Waals surface area contributed by atoms with Gasteiger partial charge in [0.15, 0.2) is 11.6 Å². The molecule has 0 atom stereocenters. The lowest BCUT2D eigenvalue weighted by Gasteiger charge is -2.27. The first-order valence-corrected chi connectivity index (χ1v) is 6.84. The molecule has 22 heavy (non-hydrogen) atoms. The Hall–Kier alpha value is -2.82. The second kappa shape index (κ2) is 5.89. The van der Waals surface area contributed by atoms with Crippen LogP contribution in [-0.2, 0) is 6.42 Å². The van der Waals surface area contributed by atoms with Crippen molar-refractivity contribution in [3.63, 3.8) is 0 Å². The van der Waals surface area contributed by atoms with Crippen LogP contribution in [0.5, 0.6) is 0 Å². The fraction of sp³-hybridized carbons (Fsp3) is 0.0588. The van der Waals surface area contributed by atoms with E-state index in [1.807, 2.05) is 36.4 Å². The van der Waals surface area contributed by atoms with Gasteiger partial charge >= 0.3 is 0 Å². The third-order valence-electron chi connectivity index (χ3n) is 3.32. The molecule has 0 fully saturated rings. The predicted molar refractivity (Wildman–Crippen MR) is 83.8 cm³/mol. The molecule has 0 aliphatic carbocycles. The van der Waals surface area contributed by atoms with Crippen LogP contribution in [0.25, 0.3) is 0 Å². The Morgan fingerprint density at radius 1 is 1.05 bits per heavy atom. The second-order valence-electron chi connectivity index (χ2n) is 5.04. The lowest BCUT2D eigenvalue weighted by atomic mass is 10.1. The van der Waals surface area contributed by atoms with E-state index in [4.69, 9.17) is 5.73 Å². The second-order valence-corrected chi connectivity index (χ2v) is 5.04. The van der Waals surface area contributed by atoms with Crippen molar-refractivity contribution in [3.8, 4) is 0 Å². The molecule has 0 amide bonds. The Kier molecular flexibility index (Phi) is 3.78. The van der Waals surface area contributed by atoms with Crippen molar-refractivity contribution >= 4 is 11.4 Å². The standard InChI is InChI=1S/C17H15F2N3/c18-16-7-6-15(11-17(16)19)22-8-2-5-14(21-22)10-12-3-1-4-13(20)9-12/h1-9,11,21H,10,20H2. The Morgan fingerprint density at radius 3 is 2.68 bits per heavy atom. The predicted octanol–water partition coefficient (Wildman–Crippen LogP) is 3.51. The maximum absolute atomic E-state index is 13.3. The highest BCUT2D eigenvalue weighted by molar-refractivity contribution is 5.51. The molecule has 0 bridgehead atoms. The number of hydrogen-bond acceptors (Lipinski definition) is 3. The maximum atomic E-state index is 13.3. The molecule has 0 spiro atoms. The van der Waals surface area contributed by atoms with Crippen LogP contribution in [0.3, 0.4) is 0 Å². The van der Waals surface area contributed by atoms with Gasteiger partial charge in [0, 0.05) is 30.1 Å². The van der Waals surface area contributed by atoms with Gasteiger partial charge in [-0.05, 0) is 42.0 Å². The molecule has 0 saturated heterocycles. The summed E-state index contributed by atoms with van der Waals surface area (Å²) < 4.78 is 26.4. The smallest absolute Gasteiger partial charge is 0.160 e. The zero-order chi connectivity index (χ0) is 15.5. The van der Waals surface area contributed by atoms with E-state index < -0.39 is 11.6 Å². The van der Waals surface area contributed by atoms with E-state index in [0.29, 0.717) is 17.8 Å². The molecule has 5 heteroatoms. The number of nitrogens with one attached hydrogen (secondary N) is 1. The van der Waals surface area contributed by atoms with Crippen LogP contribution in [0, 0.1) is 11.6 Å². The molecule has 1 aliphatic rings. The summed E-state index contributed by atoms with van der Waals surface area (Å²) in [6.07, 6.45) is 6.18. The van der Waals surface area contributed by atoms with Crippen LogP contribution in [0.4, 0.5) is 20.2 Å². The zero-order valence-corrected chi connectivity index (χ0v) is 11.8. The molecule has 0 aromatic heterocycles. The van der Waals surface area contributed by atoms with Crippen molar-refractivity contribution in [2.24, 2.45) is 0 Å². The quantitative estimate of drug-likeness (QED) is 0.852. The van der Waals surface area contributed by atoms with Gasteiger partial charge in [-0.25, -0.2) is 8.78 Å². The maximum Gasteiger partial charge on any atom is 0.160 e. The minimum Gasteiger partial charge on any atom is -0.399 e. The number of nitrogens with two attached hydrogens (primary N) is 1. The van der Waals surface area contributed by atoms with E-state index in [2.05, 4.69) is 5.43 Å². The summed E-state index contributed by atoms with van der Waals surface area (Å²) in [5, 5.41) is 1.64. The van der Waals surface area contributed by atoms with E-state index in [9.17, 15) is 8.78 Å². The Bertz CT molecular complexity index is 753. The highest BCUT2D eigenvalue weighted by Gasteiger charge is 2.11. The molecule has 0 saturated carbocycles. The number of benzene rings is 2. The summed E-state index contributed by atoms with van der Waals surface area (Å²) in [5.74, 6) is -1.74. The SMILES string of the molecule is Nc1cccc(CC2=CC=CN(c3ccc(F)c(F)c3)N2)c1. The molecule has 1 aliphatic heterocycles. The van der Waals surface area contributed by atoms with Gasteiger partial charge < -0.3 is 5.73 Å². The van der Waals surface area contributed by atoms with Crippen LogP contribution >= 0.6 is 0 Å². The van der Waals surface area contributed by atoms with Gasteiger partial charge in [-0.2, -0.15) is 0 Å². The van der Waals surface area contributed by atoms with E-state index in [-0.39, 0.29) is 0 Å². The minimum absolute atomic E-state index is 0.522. The summed E-state index contributed by atoms with van der Waals surface area (Å²) in [6.45, 7) is 0. The Labute approximate surface area is 127 Å². The van der Waals surface area contributed by atoms with E-state index in [0.717, 1.165) is 23.4 Å². The summed E-state index contributed by atoms with van der Waals surface area (Å²) in [7, 11) is 0. The van der Waals surface area contributed by atoms with Crippen LogP contribution in [0.1, 0.15) is 5.56 Å². The van der Waals surface area contributed by atoms with Crippen LogP contribution < -0.4 is 16.2 Å². The molecule has 112 valence electrons. The number of hydrogen-bond donors (Lipinski definition) is 2. The molecule has 2 aromatic carbocycles. The summed E-state index contributed by atoms with van der Waals surface area (Å²) in [4.78, 5) is 0. The number of nitrogens with zero attached hydrogens (tertiary/aromatic N) is 1. The molecule has 0 unspecified atom stereocenters. The first-order valence-electron chi connectivity index (χ1n) is 6.84. The van der Waals surface area contributed by atoms with Crippen molar-refractivity contribution in [1.82, 2.24) is 5.43 Å². The molecule has 3 N–H and O–H groups in total. The van der Waals surface area contributed by atoms with Crippen molar-refractivity contribution in [2.45, 2.75) is 6.42 Å². The summed E-state index contributed by atoms with van der Waals surface area (Å²) in [5.41, 5.74) is 12.2. The van der Waals surface area contributed by atoms with E-state index in [1.54, 1.807) is 11.2 Å². The monoisotopic (exact) mass is 299 g/mol. The van der Waals surface area contributed by atoms with Crippen molar-refractivity contribution in [1.29, 1.82) is 0 Å². The highest BCUT2D eigenvalue weighted by atomic mass is 19.2. The van der Waals surface area contributed by atoms with E-state index >= 15 is 0 Å². The minimum atomic E-state index is -0.875. The molecule has 3 nitrogen and oxygen atoms in total. The average molecular weight is 299 g/mol. The number of allylic oxidation sites excluding steroid dienone is 3. The number of halogens is 2. The molecule has 0 radical (unpaired) electrons. The van der Waals surface area contributed by atoms with Gasteiger partial charge in [-0.1, -0.05) is 12.1 Å². The van der Waals surface area contributed by atoms with Gasteiger partial charge in [0.05, 0.1) is 5.69 Å². The summed E-state index contributed by atoms with van der Waals surface area (Å²) >= 11 is 0. The number of rotatable bonds is 3. The highest BCUT2D eigenvalue weighted by Crippen LogP contribution is 2.20. The molecular formula is C17H15F2N3. The molecule has 2 aromatic rings. The first-order chi connectivity index (χ1) is 10.6. The average Bonchev–Trinajstić information content (AvgIpc) is 2.50. The number of anilines is 2. The molecular weight excluding hydrogens is 284 g/mol. The lowest BCUT2D eigenvalue weighted by Crippen LogP contribution is -2.35. The normalized spacial score (nSPS) is 13.7. The van der Waals surface area contributed by atoms with E-state index in [1.165, 1.54) is 6.07 Å². The number of nitrogen functional groups attached to an aromatic ring is 1. The molecule has 3 rings (SSSR count). The van der Waals surface area contributed by atoms with Crippen molar-refractivity contribution in [3.05, 3.63) is 83.7 Å². The Balaban J connectivity index is 1.75. The summed E-state index contributed by atoms with van der Waals surface area (Å²) in [6, 6.07) is 11.4. The van der Waals surface area contributed by atoms with Crippen molar-refractivity contribution < 1.29 is 8.78 Å². The van der Waals surface area contributed by atoms with Gasteiger partial charge in [0.2, 0.25) is 0 Å². The van der Waals surface area contributed by atoms with Gasteiger partial charge in [-0.3, -0.25) is 10.4 Å². The topological polar surface area (TPSA) is 41.3 Å². The van der Waals surface area contributed by atoms with Gasteiger partial charge in [0.1, 0.15) is 0 Å². The van der Waals surface area contributed by atoms with Crippen molar-refractivity contribution in [2.75, 3.05) is 10.7 Å². The van der Waals surface area contributed by atoms with Gasteiger partial charge in [-0.15, -0.1) is 0 Å². The van der Waals surface area contributed by atoms with Crippen LogP contribution in [-0.4, -0.2) is 0 Å². The largest absolute Gasteiger partial charge is 0.399 e. The first kappa shape index (κ1) is 14.1. The third-order valence-corrected chi connectivity index (χ3v) is 3.32. The lowest BCUT2D eigenvalue weighted by molar-refractivity contribution is 0.508. The fourth-order valence-electron chi connectivity index (χ4n) is 2.28. The molecule has 1 heterocycles. The van der Waals surface area contributed by atoms with Crippen LogP contribution in [0.15, 0.2) is 66.5 Å². The van der Waals surface area contributed by atoms with Gasteiger partial charge in [0.25, 0.3) is 0 Å².